The molecule has 0 radical (unpaired) electrons. The third-order valence-electron chi connectivity index (χ3n) is 2.75. The van der Waals surface area contributed by atoms with E-state index in [2.05, 4.69) is 0 Å². The highest BCUT2D eigenvalue weighted by atomic mass is 16.5. The van der Waals surface area contributed by atoms with Gasteiger partial charge in [0.2, 0.25) is 0 Å². The molecule has 0 saturated carbocycles. The summed E-state index contributed by atoms with van der Waals surface area (Å²) in [5, 5.41) is 0. The van der Waals surface area contributed by atoms with E-state index >= 15 is 0 Å². The van der Waals surface area contributed by atoms with Crippen LogP contribution in [-0.2, 0) is 0 Å². The minimum absolute atomic E-state index is 0.169. The lowest BCUT2D eigenvalue weighted by atomic mass is 9.96. The molecule has 2 rings (SSSR count). The fourth-order valence-electron chi connectivity index (χ4n) is 1.90. The van der Waals surface area contributed by atoms with Crippen LogP contribution in [0.4, 0.5) is 0 Å². The lowest BCUT2D eigenvalue weighted by Gasteiger charge is -2.11. The van der Waals surface area contributed by atoms with Crippen molar-refractivity contribution in [3.63, 3.8) is 0 Å². The lowest BCUT2D eigenvalue weighted by molar-refractivity contribution is 0.228. The van der Waals surface area contributed by atoms with Crippen molar-refractivity contribution in [1.29, 1.82) is 0 Å². The first-order chi connectivity index (χ1) is 6.76. The maximum absolute atomic E-state index is 5.71. The topological polar surface area (TPSA) is 44.5 Å². The molecule has 0 saturated heterocycles. The molecular weight excluding hydrogens is 178 g/mol. The summed E-state index contributed by atoms with van der Waals surface area (Å²) in [6.45, 7) is 2.66. The van der Waals surface area contributed by atoms with Crippen molar-refractivity contribution in [3.8, 4) is 11.5 Å². The molecule has 1 aromatic rings. The number of fused-ring (bicyclic) bond motifs is 1. The first-order valence-electron chi connectivity index (χ1n) is 4.81. The molecule has 0 aromatic heterocycles. The quantitative estimate of drug-likeness (QED) is 0.774. The maximum Gasteiger partial charge on any atom is 0.123 e. The summed E-state index contributed by atoms with van der Waals surface area (Å²) in [7, 11) is 1.67. The molecule has 2 unspecified atom stereocenters. The fraction of sp³-hybridized carbons (Fsp3) is 0.455. The monoisotopic (exact) mass is 193 g/mol. The van der Waals surface area contributed by atoms with Crippen LogP contribution in [0.1, 0.15) is 18.4 Å². The highest BCUT2D eigenvalue weighted by Crippen LogP contribution is 2.39. The smallest absolute Gasteiger partial charge is 0.123 e. The second-order valence-corrected chi connectivity index (χ2v) is 3.57. The second kappa shape index (κ2) is 3.50. The molecule has 2 N–H and O–H groups in total. The summed E-state index contributed by atoms with van der Waals surface area (Å²) in [5.41, 5.74) is 6.88. The van der Waals surface area contributed by atoms with E-state index in [9.17, 15) is 0 Å². The zero-order valence-electron chi connectivity index (χ0n) is 8.49. The van der Waals surface area contributed by atoms with Gasteiger partial charge in [-0.3, -0.25) is 0 Å². The highest BCUT2D eigenvalue weighted by Gasteiger charge is 2.30. The van der Waals surface area contributed by atoms with E-state index < -0.39 is 0 Å². The van der Waals surface area contributed by atoms with Gasteiger partial charge in [0.05, 0.1) is 7.11 Å². The molecule has 0 spiro atoms. The van der Waals surface area contributed by atoms with Crippen LogP contribution >= 0.6 is 0 Å². The number of hydrogen-bond donors (Lipinski definition) is 1. The summed E-state index contributed by atoms with van der Waals surface area (Å²) >= 11 is 0. The number of rotatable bonds is 2. The largest absolute Gasteiger partial charge is 0.497 e. The van der Waals surface area contributed by atoms with Gasteiger partial charge < -0.3 is 15.2 Å². The number of benzene rings is 1. The molecular formula is C11H15NO2. The Bertz CT molecular complexity index is 338. The van der Waals surface area contributed by atoms with Crippen molar-refractivity contribution in [3.05, 3.63) is 23.8 Å². The van der Waals surface area contributed by atoms with Crippen LogP contribution in [0.15, 0.2) is 18.2 Å². The molecule has 0 bridgehead atoms. The molecule has 76 valence electrons. The van der Waals surface area contributed by atoms with Gasteiger partial charge in [-0.15, -0.1) is 0 Å². The SMILES string of the molecule is COc1ccc2c(c1)C(CN)C(C)O2. The Hall–Kier alpha value is -1.22. The molecule has 3 nitrogen and oxygen atoms in total. The number of ether oxygens (including phenoxy) is 2. The third kappa shape index (κ3) is 1.34. The predicted molar refractivity (Wildman–Crippen MR) is 54.9 cm³/mol. The van der Waals surface area contributed by atoms with Crippen LogP contribution in [0.3, 0.4) is 0 Å². The zero-order valence-corrected chi connectivity index (χ0v) is 8.49. The lowest BCUT2D eigenvalue weighted by Crippen LogP contribution is -2.21. The molecule has 0 amide bonds. The van der Waals surface area contributed by atoms with E-state index in [1.54, 1.807) is 7.11 Å². The standard InChI is InChI=1S/C11H15NO2/c1-7-10(6-12)9-5-8(13-2)3-4-11(9)14-7/h3-5,7,10H,6,12H2,1-2H3. The van der Waals surface area contributed by atoms with E-state index in [1.807, 2.05) is 25.1 Å². The molecule has 1 aliphatic rings. The Morgan fingerprint density at radius 2 is 2.29 bits per heavy atom. The Labute approximate surface area is 83.8 Å². The van der Waals surface area contributed by atoms with Crippen LogP contribution in [0, 0.1) is 0 Å². The van der Waals surface area contributed by atoms with Crippen LogP contribution in [0.2, 0.25) is 0 Å². The average Bonchev–Trinajstić information content (AvgIpc) is 2.52. The van der Waals surface area contributed by atoms with E-state index in [0.29, 0.717) is 12.5 Å². The van der Waals surface area contributed by atoms with Crippen molar-refractivity contribution in [2.24, 2.45) is 5.73 Å². The Morgan fingerprint density at radius 3 is 2.93 bits per heavy atom. The van der Waals surface area contributed by atoms with Gasteiger partial charge in [-0.1, -0.05) is 0 Å². The van der Waals surface area contributed by atoms with E-state index in [1.165, 1.54) is 5.56 Å². The fourth-order valence-corrected chi connectivity index (χ4v) is 1.90. The summed E-state index contributed by atoms with van der Waals surface area (Å²) in [6.07, 6.45) is 0.169. The minimum Gasteiger partial charge on any atom is -0.497 e. The molecule has 14 heavy (non-hydrogen) atoms. The van der Waals surface area contributed by atoms with Gasteiger partial charge in [0.1, 0.15) is 17.6 Å². The van der Waals surface area contributed by atoms with Crippen molar-refractivity contribution >= 4 is 0 Å². The average molecular weight is 193 g/mol. The molecule has 1 aliphatic heterocycles. The van der Waals surface area contributed by atoms with Crippen molar-refractivity contribution in [1.82, 2.24) is 0 Å². The molecule has 0 fully saturated rings. The van der Waals surface area contributed by atoms with Gasteiger partial charge in [-0.2, -0.15) is 0 Å². The molecule has 1 heterocycles. The van der Waals surface area contributed by atoms with E-state index in [0.717, 1.165) is 11.5 Å². The first kappa shape index (κ1) is 9.34. The van der Waals surface area contributed by atoms with Gasteiger partial charge in [-0.25, -0.2) is 0 Å². The Balaban J connectivity index is 2.39. The summed E-state index contributed by atoms with van der Waals surface area (Å²) in [6, 6.07) is 5.86. The number of methoxy groups -OCH3 is 1. The molecule has 2 atom stereocenters. The predicted octanol–water partition coefficient (Wildman–Crippen LogP) is 1.52. The third-order valence-corrected chi connectivity index (χ3v) is 2.75. The molecule has 1 aromatic carbocycles. The number of nitrogens with two attached hydrogens (primary N) is 1. The zero-order chi connectivity index (χ0) is 10.1. The highest BCUT2D eigenvalue weighted by molar-refractivity contribution is 5.46. The van der Waals surface area contributed by atoms with Gasteiger partial charge in [0.25, 0.3) is 0 Å². The summed E-state index contributed by atoms with van der Waals surface area (Å²) in [4.78, 5) is 0. The van der Waals surface area contributed by atoms with Crippen LogP contribution in [-0.4, -0.2) is 19.8 Å². The van der Waals surface area contributed by atoms with E-state index in [4.69, 9.17) is 15.2 Å². The Morgan fingerprint density at radius 1 is 1.50 bits per heavy atom. The maximum atomic E-state index is 5.71. The van der Waals surface area contributed by atoms with Crippen LogP contribution in [0.5, 0.6) is 11.5 Å². The minimum atomic E-state index is 0.169. The molecule has 0 aliphatic carbocycles. The normalized spacial score (nSPS) is 24.2. The summed E-state index contributed by atoms with van der Waals surface area (Å²) in [5.74, 6) is 2.09. The van der Waals surface area contributed by atoms with Crippen LogP contribution < -0.4 is 15.2 Å². The van der Waals surface area contributed by atoms with Crippen molar-refractivity contribution in [2.75, 3.05) is 13.7 Å². The van der Waals surface area contributed by atoms with Gasteiger partial charge in [-0.05, 0) is 25.1 Å². The van der Waals surface area contributed by atoms with E-state index in [-0.39, 0.29) is 6.10 Å². The first-order valence-corrected chi connectivity index (χ1v) is 4.81. The Kier molecular flexibility index (Phi) is 2.33. The van der Waals surface area contributed by atoms with Gasteiger partial charge in [0.15, 0.2) is 0 Å². The number of hydrogen-bond acceptors (Lipinski definition) is 3. The van der Waals surface area contributed by atoms with Crippen molar-refractivity contribution < 1.29 is 9.47 Å². The summed E-state index contributed by atoms with van der Waals surface area (Å²) < 4.78 is 10.8. The second-order valence-electron chi connectivity index (χ2n) is 3.57. The van der Waals surface area contributed by atoms with Gasteiger partial charge in [0, 0.05) is 18.0 Å². The van der Waals surface area contributed by atoms with Crippen LogP contribution in [0.25, 0.3) is 0 Å². The van der Waals surface area contributed by atoms with Crippen molar-refractivity contribution in [2.45, 2.75) is 18.9 Å². The molecule has 3 heteroatoms. The van der Waals surface area contributed by atoms with Gasteiger partial charge >= 0.3 is 0 Å².